The highest BCUT2D eigenvalue weighted by molar-refractivity contribution is 6.31. The molecule has 5 rings (SSSR count). The average molecular weight is 428 g/mol. The zero-order chi connectivity index (χ0) is 21.2. The largest absolute Gasteiger partial charge is 0.464 e. The number of ether oxygens (including phenoxy) is 1. The molecule has 0 aliphatic heterocycles. The molecule has 1 amide bonds. The third-order valence-corrected chi connectivity index (χ3v) is 5.31. The van der Waals surface area contributed by atoms with E-state index in [2.05, 4.69) is 5.32 Å². The first-order valence-corrected chi connectivity index (χ1v) is 10.3. The van der Waals surface area contributed by atoms with E-state index in [1.165, 1.54) is 0 Å². The quantitative estimate of drug-likeness (QED) is 0.322. The van der Waals surface area contributed by atoms with Gasteiger partial charge < -0.3 is 14.5 Å². The zero-order valence-corrected chi connectivity index (χ0v) is 17.2. The number of carbonyl (C=O) groups excluding carboxylic acids is 1. The molecule has 0 bridgehead atoms. The van der Waals surface area contributed by atoms with E-state index in [9.17, 15) is 4.79 Å². The summed E-state index contributed by atoms with van der Waals surface area (Å²) in [6.07, 6.45) is 1.81. The van der Waals surface area contributed by atoms with Crippen LogP contribution in [0.1, 0.15) is 5.56 Å². The van der Waals surface area contributed by atoms with E-state index < -0.39 is 0 Å². The first-order chi connectivity index (χ1) is 15.2. The van der Waals surface area contributed by atoms with E-state index in [1.807, 2.05) is 66.7 Å². The number of carbonyl (C=O) groups is 1. The van der Waals surface area contributed by atoms with E-state index in [4.69, 9.17) is 20.8 Å². The molecule has 31 heavy (non-hydrogen) atoms. The average Bonchev–Trinajstić information content (AvgIpc) is 3.19. The topological polar surface area (TPSA) is 51.5 Å². The third-order valence-electron chi connectivity index (χ3n) is 5.08. The van der Waals surface area contributed by atoms with E-state index in [0.717, 1.165) is 27.3 Å². The standard InChI is InChI=1S/C26H18ClNO3/c27-19-11-13-23(31-20-7-2-1-3-8-20)22(15-19)28-25(29)14-18-16-30-24-12-10-17-6-4-5-9-21(17)26(18)24/h1-13,15-16H,14H2,(H,28,29). The molecule has 0 aliphatic rings. The summed E-state index contributed by atoms with van der Waals surface area (Å²) in [7, 11) is 0. The van der Waals surface area contributed by atoms with Gasteiger partial charge >= 0.3 is 0 Å². The van der Waals surface area contributed by atoms with Crippen molar-refractivity contribution in [3.63, 3.8) is 0 Å². The molecule has 0 spiro atoms. The van der Waals surface area contributed by atoms with Gasteiger partial charge in [0.15, 0.2) is 5.75 Å². The third kappa shape index (κ3) is 3.98. The summed E-state index contributed by atoms with van der Waals surface area (Å²) in [4.78, 5) is 12.9. The van der Waals surface area contributed by atoms with Crippen molar-refractivity contribution in [1.82, 2.24) is 0 Å². The maximum absolute atomic E-state index is 12.9. The van der Waals surface area contributed by atoms with Crippen molar-refractivity contribution in [3.8, 4) is 11.5 Å². The summed E-state index contributed by atoms with van der Waals surface area (Å²) in [6.45, 7) is 0. The van der Waals surface area contributed by atoms with Gasteiger partial charge in [0.05, 0.1) is 18.4 Å². The summed E-state index contributed by atoms with van der Waals surface area (Å²) in [5.41, 5.74) is 2.10. The highest BCUT2D eigenvalue weighted by atomic mass is 35.5. The van der Waals surface area contributed by atoms with Gasteiger partial charge in [-0.1, -0.05) is 60.1 Å². The fourth-order valence-corrected chi connectivity index (χ4v) is 3.85. The minimum atomic E-state index is -0.184. The molecule has 1 aromatic heterocycles. The molecule has 0 saturated carbocycles. The van der Waals surface area contributed by atoms with Gasteiger partial charge in [0.2, 0.25) is 5.91 Å². The highest BCUT2D eigenvalue weighted by Gasteiger charge is 2.15. The molecule has 0 saturated heterocycles. The summed E-state index contributed by atoms with van der Waals surface area (Å²) in [6, 6.07) is 26.6. The molecule has 4 aromatic carbocycles. The van der Waals surface area contributed by atoms with Gasteiger partial charge in [-0.25, -0.2) is 0 Å². The molecule has 0 aliphatic carbocycles. The number of fused-ring (bicyclic) bond motifs is 3. The maximum atomic E-state index is 12.9. The fourth-order valence-electron chi connectivity index (χ4n) is 3.68. The Kier molecular flexibility index (Phi) is 5.06. The Labute approximate surface area is 184 Å². The molecule has 4 nitrogen and oxygen atoms in total. The van der Waals surface area contributed by atoms with Crippen LogP contribution in [0.3, 0.4) is 0 Å². The number of rotatable bonds is 5. The van der Waals surface area contributed by atoms with E-state index in [0.29, 0.717) is 22.2 Å². The number of halogens is 1. The molecule has 1 heterocycles. The highest BCUT2D eigenvalue weighted by Crippen LogP contribution is 2.33. The van der Waals surface area contributed by atoms with Crippen LogP contribution in [0, 0.1) is 0 Å². The number of furan rings is 1. The van der Waals surface area contributed by atoms with E-state index in [-0.39, 0.29) is 12.3 Å². The van der Waals surface area contributed by atoms with Crippen molar-refractivity contribution in [2.45, 2.75) is 6.42 Å². The lowest BCUT2D eigenvalue weighted by Gasteiger charge is -2.13. The molecule has 0 atom stereocenters. The van der Waals surface area contributed by atoms with Gasteiger partial charge in [0, 0.05) is 16.0 Å². The van der Waals surface area contributed by atoms with Crippen LogP contribution >= 0.6 is 11.6 Å². The van der Waals surface area contributed by atoms with Crippen LogP contribution in [0.5, 0.6) is 11.5 Å². The molecule has 1 N–H and O–H groups in total. The Hall–Kier alpha value is -3.76. The fraction of sp³-hybridized carbons (Fsp3) is 0.0385. The van der Waals surface area contributed by atoms with Crippen LogP contribution in [0.15, 0.2) is 95.6 Å². The van der Waals surface area contributed by atoms with Crippen LogP contribution in [0.25, 0.3) is 21.7 Å². The summed E-state index contributed by atoms with van der Waals surface area (Å²) < 4.78 is 11.6. The molecular formula is C26H18ClNO3. The first kappa shape index (κ1) is 19.2. The molecule has 0 radical (unpaired) electrons. The molecular weight excluding hydrogens is 410 g/mol. The van der Waals surface area contributed by atoms with Gasteiger partial charge in [-0.2, -0.15) is 0 Å². The molecule has 0 fully saturated rings. The van der Waals surface area contributed by atoms with Crippen molar-refractivity contribution in [1.29, 1.82) is 0 Å². The van der Waals surface area contributed by atoms with Crippen molar-refractivity contribution >= 4 is 44.9 Å². The van der Waals surface area contributed by atoms with Crippen LogP contribution in [-0.2, 0) is 11.2 Å². The number of anilines is 1. The van der Waals surface area contributed by atoms with Gasteiger partial charge in [0.25, 0.3) is 0 Å². The second-order valence-electron chi connectivity index (χ2n) is 7.20. The second kappa shape index (κ2) is 8.17. The Balaban J connectivity index is 1.43. The van der Waals surface area contributed by atoms with Crippen molar-refractivity contribution in [2.24, 2.45) is 0 Å². The van der Waals surface area contributed by atoms with Crippen molar-refractivity contribution < 1.29 is 13.9 Å². The lowest BCUT2D eigenvalue weighted by Crippen LogP contribution is -2.14. The molecule has 5 heteroatoms. The number of para-hydroxylation sites is 1. The van der Waals surface area contributed by atoms with Gasteiger partial charge in [0.1, 0.15) is 11.3 Å². The predicted molar refractivity (Wildman–Crippen MR) is 124 cm³/mol. The normalized spacial score (nSPS) is 11.0. The van der Waals surface area contributed by atoms with Crippen LogP contribution in [-0.4, -0.2) is 5.91 Å². The van der Waals surface area contributed by atoms with E-state index >= 15 is 0 Å². The number of benzene rings is 4. The first-order valence-electron chi connectivity index (χ1n) is 9.87. The Morgan fingerprint density at radius 1 is 0.935 bits per heavy atom. The summed E-state index contributed by atoms with van der Waals surface area (Å²) in [5, 5.41) is 6.57. The van der Waals surface area contributed by atoms with Crippen LogP contribution in [0.2, 0.25) is 5.02 Å². The van der Waals surface area contributed by atoms with Gasteiger partial charge in [-0.05, 0) is 47.2 Å². The number of hydrogen-bond donors (Lipinski definition) is 1. The smallest absolute Gasteiger partial charge is 0.229 e. The Morgan fingerprint density at radius 3 is 2.61 bits per heavy atom. The molecule has 152 valence electrons. The second-order valence-corrected chi connectivity index (χ2v) is 7.64. The van der Waals surface area contributed by atoms with E-state index in [1.54, 1.807) is 24.5 Å². The monoisotopic (exact) mass is 427 g/mol. The SMILES string of the molecule is O=C(Cc1coc2ccc3ccccc3c12)Nc1cc(Cl)ccc1Oc1ccccc1. The van der Waals surface area contributed by atoms with Gasteiger partial charge in [-0.3, -0.25) is 4.79 Å². The molecule has 0 unspecified atom stereocenters. The number of amides is 1. The Morgan fingerprint density at radius 2 is 1.74 bits per heavy atom. The number of nitrogens with one attached hydrogen (secondary N) is 1. The lowest BCUT2D eigenvalue weighted by atomic mass is 10.0. The minimum absolute atomic E-state index is 0.165. The predicted octanol–water partition coefficient (Wildman–Crippen LogP) is 7.21. The summed E-state index contributed by atoms with van der Waals surface area (Å²) >= 11 is 6.17. The zero-order valence-electron chi connectivity index (χ0n) is 16.5. The lowest BCUT2D eigenvalue weighted by molar-refractivity contribution is -0.115. The minimum Gasteiger partial charge on any atom is -0.464 e. The Bertz CT molecular complexity index is 1390. The number of hydrogen-bond acceptors (Lipinski definition) is 3. The molecule has 5 aromatic rings. The maximum Gasteiger partial charge on any atom is 0.229 e. The van der Waals surface area contributed by atoms with Crippen LogP contribution < -0.4 is 10.1 Å². The van der Waals surface area contributed by atoms with Crippen molar-refractivity contribution in [3.05, 3.63) is 102 Å². The van der Waals surface area contributed by atoms with Crippen molar-refractivity contribution in [2.75, 3.05) is 5.32 Å². The van der Waals surface area contributed by atoms with Gasteiger partial charge in [-0.15, -0.1) is 0 Å². The van der Waals surface area contributed by atoms with Crippen LogP contribution in [0.4, 0.5) is 5.69 Å². The summed E-state index contributed by atoms with van der Waals surface area (Å²) in [5.74, 6) is 1.01.